The summed E-state index contributed by atoms with van der Waals surface area (Å²) in [7, 11) is 1.88. The molecule has 80 valence electrons. The molecule has 0 aromatic heterocycles. The first kappa shape index (κ1) is 12.4. The standard InChI is InChI=1S/C12H13Cl2N/c1-3-5-9(15-2)8-10-11(13)6-4-7-12(10)14/h1,4,6-7,9,15H,5,8H2,2H3. The molecule has 1 N–H and O–H groups in total. The Kier molecular flexibility index (Phi) is 4.98. The average Bonchev–Trinajstić information content (AvgIpc) is 2.22. The number of halogens is 2. The molecule has 1 aromatic carbocycles. The number of hydrogen-bond donors (Lipinski definition) is 1. The highest BCUT2D eigenvalue weighted by Crippen LogP contribution is 2.25. The predicted octanol–water partition coefficient (Wildman–Crippen LogP) is 3.15. The Morgan fingerprint density at radius 2 is 2.00 bits per heavy atom. The van der Waals surface area contributed by atoms with Crippen LogP contribution in [-0.4, -0.2) is 13.1 Å². The average molecular weight is 242 g/mol. The van der Waals surface area contributed by atoms with E-state index in [1.165, 1.54) is 0 Å². The van der Waals surface area contributed by atoms with Gasteiger partial charge in [-0.3, -0.25) is 0 Å². The number of rotatable bonds is 4. The van der Waals surface area contributed by atoms with Gasteiger partial charge in [0, 0.05) is 22.5 Å². The maximum absolute atomic E-state index is 6.07. The molecule has 0 spiro atoms. The first-order chi connectivity index (χ1) is 7.19. The molecule has 1 unspecified atom stereocenters. The summed E-state index contributed by atoms with van der Waals surface area (Å²) in [6.45, 7) is 0. The van der Waals surface area contributed by atoms with Crippen molar-refractivity contribution in [1.82, 2.24) is 5.32 Å². The second-order valence-corrected chi connectivity index (χ2v) is 4.11. The van der Waals surface area contributed by atoms with Gasteiger partial charge in [-0.05, 0) is 31.2 Å². The molecule has 1 nitrogen and oxygen atoms in total. The lowest BCUT2D eigenvalue weighted by molar-refractivity contribution is 0.573. The van der Waals surface area contributed by atoms with Crippen LogP contribution in [0.5, 0.6) is 0 Å². The van der Waals surface area contributed by atoms with E-state index in [0.29, 0.717) is 16.5 Å². The van der Waals surface area contributed by atoms with Crippen LogP contribution in [0.25, 0.3) is 0 Å². The number of nitrogens with one attached hydrogen (secondary N) is 1. The van der Waals surface area contributed by atoms with Crippen molar-refractivity contribution in [3.05, 3.63) is 33.8 Å². The van der Waals surface area contributed by atoms with Crippen molar-refractivity contribution in [2.45, 2.75) is 18.9 Å². The fraction of sp³-hybridized carbons (Fsp3) is 0.333. The fourth-order valence-corrected chi connectivity index (χ4v) is 1.94. The molecule has 1 atom stereocenters. The van der Waals surface area contributed by atoms with E-state index in [2.05, 4.69) is 11.2 Å². The highest BCUT2D eigenvalue weighted by molar-refractivity contribution is 6.35. The van der Waals surface area contributed by atoms with Crippen LogP contribution in [-0.2, 0) is 6.42 Å². The zero-order chi connectivity index (χ0) is 11.3. The van der Waals surface area contributed by atoms with Gasteiger partial charge < -0.3 is 5.32 Å². The van der Waals surface area contributed by atoms with E-state index in [-0.39, 0.29) is 6.04 Å². The third kappa shape index (κ3) is 3.43. The summed E-state index contributed by atoms with van der Waals surface area (Å²) in [5.74, 6) is 2.63. The summed E-state index contributed by atoms with van der Waals surface area (Å²) >= 11 is 12.1. The van der Waals surface area contributed by atoms with Crippen LogP contribution in [0.4, 0.5) is 0 Å². The van der Waals surface area contributed by atoms with Gasteiger partial charge in [0.25, 0.3) is 0 Å². The van der Waals surface area contributed by atoms with E-state index in [0.717, 1.165) is 12.0 Å². The van der Waals surface area contributed by atoms with Crippen LogP contribution >= 0.6 is 23.2 Å². The van der Waals surface area contributed by atoms with Crippen LogP contribution in [0.15, 0.2) is 18.2 Å². The molecule has 1 aromatic rings. The van der Waals surface area contributed by atoms with Crippen LogP contribution in [0.1, 0.15) is 12.0 Å². The van der Waals surface area contributed by atoms with E-state index in [1.807, 2.05) is 25.2 Å². The summed E-state index contributed by atoms with van der Waals surface area (Å²) in [5, 5.41) is 4.53. The van der Waals surface area contributed by atoms with E-state index in [1.54, 1.807) is 0 Å². The smallest absolute Gasteiger partial charge is 0.0453 e. The van der Waals surface area contributed by atoms with Crippen LogP contribution in [0.2, 0.25) is 10.0 Å². The zero-order valence-corrected chi connectivity index (χ0v) is 10.1. The predicted molar refractivity (Wildman–Crippen MR) is 66.5 cm³/mol. The Morgan fingerprint density at radius 1 is 1.40 bits per heavy atom. The Hall–Kier alpha value is -0.680. The Bertz CT molecular complexity index is 348. The SMILES string of the molecule is C#CCC(Cc1c(Cl)cccc1Cl)NC. The summed E-state index contributed by atoms with van der Waals surface area (Å²) in [6.07, 6.45) is 6.69. The van der Waals surface area contributed by atoms with Gasteiger partial charge in [-0.1, -0.05) is 29.3 Å². The van der Waals surface area contributed by atoms with Crippen LogP contribution < -0.4 is 5.32 Å². The molecule has 15 heavy (non-hydrogen) atoms. The van der Waals surface area contributed by atoms with E-state index >= 15 is 0 Å². The van der Waals surface area contributed by atoms with E-state index in [4.69, 9.17) is 29.6 Å². The van der Waals surface area contributed by atoms with Gasteiger partial charge >= 0.3 is 0 Å². The van der Waals surface area contributed by atoms with Gasteiger partial charge in [0.1, 0.15) is 0 Å². The molecule has 0 bridgehead atoms. The molecular weight excluding hydrogens is 229 g/mol. The second kappa shape index (κ2) is 6.02. The fourth-order valence-electron chi connectivity index (χ4n) is 1.39. The second-order valence-electron chi connectivity index (χ2n) is 3.30. The molecule has 0 saturated heterocycles. The normalized spacial score (nSPS) is 12.1. The summed E-state index contributed by atoms with van der Waals surface area (Å²) < 4.78 is 0. The molecule has 1 rings (SSSR count). The highest BCUT2D eigenvalue weighted by Gasteiger charge is 2.11. The largest absolute Gasteiger partial charge is 0.316 e. The molecular formula is C12H13Cl2N. The number of terminal acetylenes is 1. The molecule has 0 aliphatic carbocycles. The summed E-state index contributed by atoms with van der Waals surface area (Å²) in [5.41, 5.74) is 0.954. The van der Waals surface area contributed by atoms with Crippen molar-refractivity contribution < 1.29 is 0 Å². The lowest BCUT2D eigenvalue weighted by Gasteiger charge is -2.15. The van der Waals surface area contributed by atoms with Gasteiger partial charge in [-0.25, -0.2) is 0 Å². The molecule has 0 amide bonds. The van der Waals surface area contributed by atoms with Gasteiger partial charge in [-0.2, -0.15) is 0 Å². The lowest BCUT2D eigenvalue weighted by Crippen LogP contribution is -2.27. The van der Waals surface area contributed by atoms with E-state index < -0.39 is 0 Å². The maximum Gasteiger partial charge on any atom is 0.0453 e. The highest BCUT2D eigenvalue weighted by atomic mass is 35.5. The maximum atomic E-state index is 6.07. The molecule has 0 aliphatic heterocycles. The summed E-state index contributed by atoms with van der Waals surface area (Å²) in [6, 6.07) is 5.73. The first-order valence-corrected chi connectivity index (χ1v) is 5.48. The lowest BCUT2D eigenvalue weighted by atomic mass is 10.0. The van der Waals surface area contributed by atoms with Gasteiger partial charge in [0.15, 0.2) is 0 Å². The topological polar surface area (TPSA) is 12.0 Å². The van der Waals surface area contributed by atoms with Gasteiger partial charge in [0.05, 0.1) is 0 Å². The Balaban J connectivity index is 2.83. The minimum atomic E-state index is 0.215. The van der Waals surface area contributed by atoms with Gasteiger partial charge in [-0.15, -0.1) is 12.3 Å². The van der Waals surface area contributed by atoms with Crippen LogP contribution in [0.3, 0.4) is 0 Å². The molecule has 0 radical (unpaired) electrons. The van der Waals surface area contributed by atoms with Crippen molar-refractivity contribution in [3.63, 3.8) is 0 Å². The van der Waals surface area contributed by atoms with Gasteiger partial charge in [0.2, 0.25) is 0 Å². The molecule has 3 heteroatoms. The van der Waals surface area contributed by atoms with Crippen molar-refractivity contribution in [2.24, 2.45) is 0 Å². The third-order valence-corrected chi connectivity index (χ3v) is 2.99. The van der Waals surface area contributed by atoms with Crippen molar-refractivity contribution in [3.8, 4) is 12.3 Å². The Morgan fingerprint density at radius 3 is 2.47 bits per heavy atom. The number of benzene rings is 1. The van der Waals surface area contributed by atoms with Crippen molar-refractivity contribution in [1.29, 1.82) is 0 Å². The van der Waals surface area contributed by atoms with Crippen molar-refractivity contribution in [2.75, 3.05) is 7.05 Å². The third-order valence-electron chi connectivity index (χ3n) is 2.28. The minimum absolute atomic E-state index is 0.215. The first-order valence-electron chi connectivity index (χ1n) is 4.72. The van der Waals surface area contributed by atoms with Crippen molar-refractivity contribution >= 4 is 23.2 Å². The molecule has 0 aliphatic rings. The monoisotopic (exact) mass is 241 g/mol. The summed E-state index contributed by atoms with van der Waals surface area (Å²) in [4.78, 5) is 0. The quantitative estimate of drug-likeness (QED) is 0.800. The van der Waals surface area contributed by atoms with E-state index in [9.17, 15) is 0 Å². The number of likely N-dealkylation sites (N-methyl/N-ethyl adjacent to an activating group) is 1. The Labute approximate surface area is 101 Å². The van der Waals surface area contributed by atoms with Crippen LogP contribution in [0, 0.1) is 12.3 Å². The number of hydrogen-bond acceptors (Lipinski definition) is 1. The minimum Gasteiger partial charge on any atom is -0.316 e. The molecule has 0 saturated carbocycles. The zero-order valence-electron chi connectivity index (χ0n) is 8.56. The molecule has 0 heterocycles. The molecule has 0 fully saturated rings.